The third-order valence-corrected chi connectivity index (χ3v) is 3.08. The van der Waals surface area contributed by atoms with Crippen LogP contribution in [-0.4, -0.2) is 7.11 Å². The van der Waals surface area contributed by atoms with Gasteiger partial charge in [0, 0.05) is 12.1 Å². The highest BCUT2D eigenvalue weighted by molar-refractivity contribution is 5.43. The lowest BCUT2D eigenvalue weighted by Gasteiger charge is -2.18. The molecule has 1 atom stereocenters. The standard InChI is InChI=1S/C15H16FN2O/c1-19-14-5-3-2-4-12(14)15(18)13-8-11(16)7-6-10(13)9-17/h2,4-8,15H,9,17-18H2,1H3. The second kappa shape index (κ2) is 5.82. The molecule has 1 unspecified atom stereocenters. The zero-order valence-electron chi connectivity index (χ0n) is 10.7. The van der Waals surface area contributed by atoms with Crippen molar-refractivity contribution in [3.8, 4) is 5.75 Å². The van der Waals surface area contributed by atoms with Crippen LogP contribution in [0.25, 0.3) is 0 Å². The molecular weight excluding hydrogens is 243 g/mol. The normalized spacial score (nSPS) is 12.2. The third kappa shape index (κ3) is 2.75. The Morgan fingerprint density at radius 3 is 2.79 bits per heavy atom. The molecule has 0 fully saturated rings. The summed E-state index contributed by atoms with van der Waals surface area (Å²) in [5.74, 6) is 0.298. The van der Waals surface area contributed by atoms with Crippen LogP contribution in [0.5, 0.6) is 5.75 Å². The Morgan fingerprint density at radius 1 is 1.32 bits per heavy atom. The molecular formula is C15H16FN2O. The fourth-order valence-corrected chi connectivity index (χ4v) is 2.07. The maximum Gasteiger partial charge on any atom is 0.124 e. The van der Waals surface area contributed by atoms with Crippen LogP contribution in [0.3, 0.4) is 0 Å². The van der Waals surface area contributed by atoms with Gasteiger partial charge in [0.05, 0.1) is 13.2 Å². The van der Waals surface area contributed by atoms with E-state index in [0.29, 0.717) is 17.9 Å². The number of nitrogens with two attached hydrogens (primary N) is 2. The molecule has 0 spiro atoms. The molecule has 0 aliphatic heterocycles. The van der Waals surface area contributed by atoms with Gasteiger partial charge in [-0.2, -0.15) is 0 Å². The fraction of sp³-hybridized carbons (Fsp3) is 0.200. The minimum atomic E-state index is -0.487. The molecule has 4 heteroatoms. The quantitative estimate of drug-likeness (QED) is 0.884. The van der Waals surface area contributed by atoms with Gasteiger partial charge in [-0.1, -0.05) is 18.2 Å². The predicted molar refractivity (Wildman–Crippen MR) is 72.2 cm³/mol. The Hall–Kier alpha value is -1.91. The molecule has 0 amide bonds. The highest BCUT2D eigenvalue weighted by Gasteiger charge is 2.17. The third-order valence-electron chi connectivity index (χ3n) is 3.08. The summed E-state index contributed by atoms with van der Waals surface area (Å²) < 4.78 is 18.7. The van der Waals surface area contributed by atoms with Crippen molar-refractivity contribution in [2.24, 2.45) is 11.5 Å². The van der Waals surface area contributed by atoms with Gasteiger partial charge >= 0.3 is 0 Å². The van der Waals surface area contributed by atoms with E-state index in [2.05, 4.69) is 6.07 Å². The largest absolute Gasteiger partial charge is 0.496 e. The number of ether oxygens (including phenoxy) is 1. The minimum absolute atomic E-state index is 0.310. The predicted octanol–water partition coefficient (Wildman–Crippen LogP) is 2.14. The summed E-state index contributed by atoms with van der Waals surface area (Å²) in [6.45, 7) is 0.310. The summed E-state index contributed by atoms with van der Waals surface area (Å²) in [6, 6.07) is 12.2. The summed E-state index contributed by atoms with van der Waals surface area (Å²) >= 11 is 0. The van der Waals surface area contributed by atoms with Gasteiger partial charge in [0.25, 0.3) is 0 Å². The molecule has 99 valence electrons. The molecule has 1 radical (unpaired) electrons. The first-order chi connectivity index (χ1) is 9.17. The van der Waals surface area contributed by atoms with Gasteiger partial charge in [-0.3, -0.25) is 0 Å². The number of hydrogen-bond acceptors (Lipinski definition) is 3. The highest BCUT2D eigenvalue weighted by atomic mass is 19.1. The van der Waals surface area contributed by atoms with E-state index in [9.17, 15) is 4.39 Å². The number of rotatable bonds is 4. The van der Waals surface area contributed by atoms with Crippen LogP contribution < -0.4 is 16.2 Å². The first-order valence-corrected chi connectivity index (χ1v) is 5.95. The van der Waals surface area contributed by atoms with Gasteiger partial charge < -0.3 is 16.2 Å². The second-order valence-electron chi connectivity index (χ2n) is 4.19. The van der Waals surface area contributed by atoms with Crippen molar-refractivity contribution >= 4 is 0 Å². The van der Waals surface area contributed by atoms with Crippen LogP contribution in [-0.2, 0) is 6.54 Å². The van der Waals surface area contributed by atoms with Crippen LogP contribution in [0, 0.1) is 11.9 Å². The van der Waals surface area contributed by atoms with Gasteiger partial charge in [0.2, 0.25) is 0 Å². The van der Waals surface area contributed by atoms with Crippen molar-refractivity contribution < 1.29 is 9.13 Å². The van der Waals surface area contributed by atoms with E-state index in [0.717, 1.165) is 11.1 Å². The minimum Gasteiger partial charge on any atom is -0.496 e. The van der Waals surface area contributed by atoms with E-state index in [1.165, 1.54) is 12.1 Å². The van der Waals surface area contributed by atoms with E-state index in [4.69, 9.17) is 16.2 Å². The van der Waals surface area contributed by atoms with Crippen molar-refractivity contribution in [2.75, 3.05) is 7.11 Å². The molecule has 19 heavy (non-hydrogen) atoms. The molecule has 2 rings (SSSR count). The van der Waals surface area contributed by atoms with Crippen molar-refractivity contribution in [3.63, 3.8) is 0 Å². The van der Waals surface area contributed by atoms with Gasteiger partial charge in [-0.15, -0.1) is 0 Å². The Labute approximate surface area is 112 Å². The van der Waals surface area contributed by atoms with E-state index in [-0.39, 0.29) is 5.82 Å². The molecule has 0 aliphatic rings. The zero-order chi connectivity index (χ0) is 13.8. The van der Waals surface area contributed by atoms with Gasteiger partial charge in [-0.25, -0.2) is 4.39 Å². The van der Waals surface area contributed by atoms with E-state index < -0.39 is 6.04 Å². The highest BCUT2D eigenvalue weighted by Crippen LogP contribution is 2.29. The van der Waals surface area contributed by atoms with E-state index >= 15 is 0 Å². The van der Waals surface area contributed by atoms with Crippen LogP contribution in [0.4, 0.5) is 4.39 Å². The Morgan fingerprint density at radius 2 is 2.11 bits per heavy atom. The van der Waals surface area contributed by atoms with Gasteiger partial charge in [-0.05, 0) is 35.4 Å². The fourth-order valence-electron chi connectivity index (χ4n) is 2.07. The monoisotopic (exact) mass is 259 g/mol. The lowest BCUT2D eigenvalue weighted by Crippen LogP contribution is -2.16. The first kappa shape index (κ1) is 13.5. The SMILES string of the molecule is COc1c[c]ccc1C(N)c1cc(F)ccc1CN. The van der Waals surface area contributed by atoms with Crippen molar-refractivity contribution in [1.82, 2.24) is 0 Å². The molecule has 2 aromatic rings. The summed E-state index contributed by atoms with van der Waals surface area (Å²) in [7, 11) is 1.56. The molecule has 0 aliphatic carbocycles. The van der Waals surface area contributed by atoms with Crippen LogP contribution in [0.2, 0.25) is 0 Å². The van der Waals surface area contributed by atoms with Crippen LogP contribution in [0.15, 0.2) is 36.4 Å². The second-order valence-corrected chi connectivity index (χ2v) is 4.19. The Balaban J connectivity index is 2.49. The summed E-state index contributed by atoms with van der Waals surface area (Å²) in [5.41, 5.74) is 14.2. The van der Waals surface area contributed by atoms with Crippen LogP contribution >= 0.6 is 0 Å². The molecule has 0 bridgehead atoms. The number of hydrogen-bond donors (Lipinski definition) is 2. The average Bonchev–Trinajstić information content (AvgIpc) is 2.46. The Kier molecular flexibility index (Phi) is 4.14. The molecule has 0 aromatic heterocycles. The van der Waals surface area contributed by atoms with Gasteiger partial charge in [0.15, 0.2) is 0 Å². The first-order valence-electron chi connectivity index (χ1n) is 5.95. The van der Waals surface area contributed by atoms with Crippen molar-refractivity contribution in [3.05, 3.63) is 65.0 Å². The molecule has 4 N–H and O–H groups in total. The van der Waals surface area contributed by atoms with Crippen molar-refractivity contribution in [1.29, 1.82) is 0 Å². The van der Waals surface area contributed by atoms with E-state index in [1.807, 2.05) is 6.07 Å². The van der Waals surface area contributed by atoms with Gasteiger partial charge in [0.1, 0.15) is 11.6 Å². The van der Waals surface area contributed by atoms with E-state index in [1.54, 1.807) is 25.3 Å². The number of benzene rings is 2. The summed E-state index contributed by atoms with van der Waals surface area (Å²) in [4.78, 5) is 0. The summed E-state index contributed by atoms with van der Waals surface area (Å²) in [5, 5.41) is 0. The Bertz CT molecular complexity index is 572. The zero-order valence-corrected chi connectivity index (χ0v) is 10.7. The molecule has 0 saturated heterocycles. The maximum absolute atomic E-state index is 13.4. The molecule has 0 heterocycles. The van der Waals surface area contributed by atoms with Crippen molar-refractivity contribution in [2.45, 2.75) is 12.6 Å². The topological polar surface area (TPSA) is 61.3 Å². The number of methoxy groups -OCH3 is 1. The molecule has 2 aromatic carbocycles. The molecule has 0 saturated carbocycles. The van der Waals surface area contributed by atoms with Crippen LogP contribution in [0.1, 0.15) is 22.7 Å². The smallest absolute Gasteiger partial charge is 0.124 e. The lowest BCUT2D eigenvalue weighted by atomic mass is 9.94. The summed E-state index contributed by atoms with van der Waals surface area (Å²) in [6.07, 6.45) is 0. The average molecular weight is 259 g/mol. The lowest BCUT2D eigenvalue weighted by molar-refractivity contribution is 0.407. The molecule has 3 nitrogen and oxygen atoms in total. The maximum atomic E-state index is 13.4. The number of halogens is 1.